The summed E-state index contributed by atoms with van der Waals surface area (Å²) in [6, 6.07) is 15.0. The van der Waals surface area contributed by atoms with E-state index in [4.69, 9.17) is 0 Å². The summed E-state index contributed by atoms with van der Waals surface area (Å²) in [4.78, 5) is 4.54. The van der Waals surface area contributed by atoms with Crippen molar-refractivity contribution in [3.05, 3.63) is 78.5 Å². The molecule has 0 saturated carbocycles. The molecule has 0 radical (unpaired) electrons. The van der Waals surface area contributed by atoms with Gasteiger partial charge in [-0.25, -0.2) is 0 Å². The van der Waals surface area contributed by atoms with Crippen LogP contribution in [0, 0.1) is 0 Å². The zero-order chi connectivity index (χ0) is 15.9. The van der Waals surface area contributed by atoms with Crippen molar-refractivity contribution < 1.29 is 0 Å². The molecule has 0 unspecified atom stereocenters. The molecule has 22 heavy (non-hydrogen) atoms. The molecule has 0 bridgehead atoms. The first kappa shape index (κ1) is 16.0. The second-order valence-electron chi connectivity index (χ2n) is 5.50. The van der Waals surface area contributed by atoms with Gasteiger partial charge >= 0.3 is 0 Å². The van der Waals surface area contributed by atoms with Gasteiger partial charge in [-0.15, -0.1) is 0 Å². The number of hydrogen-bond donors (Lipinski definition) is 0. The predicted octanol–water partition coefficient (Wildman–Crippen LogP) is 6.18. The number of fused-ring (bicyclic) bond motifs is 1. The molecule has 1 heteroatoms. The zero-order valence-electron chi connectivity index (χ0n) is 13.6. The van der Waals surface area contributed by atoms with E-state index in [1.807, 2.05) is 19.9 Å². The van der Waals surface area contributed by atoms with Crippen molar-refractivity contribution in [2.75, 3.05) is 0 Å². The highest BCUT2D eigenvalue weighted by Crippen LogP contribution is 2.21. The maximum atomic E-state index is 4.54. The van der Waals surface area contributed by atoms with E-state index < -0.39 is 0 Å². The highest BCUT2D eigenvalue weighted by atomic mass is 14.7. The molecule has 0 amide bonds. The van der Waals surface area contributed by atoms with Gasteiger partial charge in [0.25, 0.3) is 0 Å². The molecule has 0 saturated heterocycles. The average molecular weight is 289 g/mol. The van der Waals surface area contributed by atoms with Gasteiger partial charge in [0.2, 0.25) is 0 Å². The minimum absolute atomic E-state index is 0.828. The van der Waals surface area contributed by atoms with Gasteiger partial charge in [-0.05, 0) is 54.8 Å². The number of aliphatic imine (C=N–C) groups is 1. The fraction of sp³-hybridized carbons (Fsp3) is 0.190. The van der Waals surface area contributed by atoms with Crippen molar-refractivity contribution in [2.24, 2.45) is 4.99 Å². The Morgan fingerprint density at radius 2 is 1.82 bits per heavy atom. The third kappa shape index (κ3) is 4.29. The first-order valence-corrected chi connectivity index (χ1v) is 7.62. The minimum atomic E-state index is 0.828. The minimum Gasteiger partial charge on any atom is -0.258 e. The molecular formula is C21H23N. The maximum absolute atomic E-state index is 4.54. The number of benzene rings is 2. The van der Waals surface area contributed by atoms with E-state index in [2.05, 4.69) is 73.1 Å². The van der Waals surface area contributed by atoms with Gasteiger partial charge in [-0.2, -0.15) is 0 Å². The fourth-order valence-corrected chi connectivity index (χ4v) is 2.39. The standard InChI is InChI=1S/C21H23N/c1-5-6-11-21(22-16(2)3)14-17(4)19-13-12-18-9-7-8-10-20(18)15-19/h5-10,12-15H,2,11H2,1,3-4H3/b6-5-,17-14+,22-21?. The van der Waals surface area contributed by atoms with Gasteiger partial charge in [-0.1, -0.05) is 55.1 Å². The normalized spacial score (nSPS) is 13.0. The van der Waals surface area contributed by atoms with Crippen molar-refractivity contribution in [2.45, 2.75) is 27.2 Å². The van der Waals surface area contributed by atoms with E-state index in [1.54, 1.807) is 0 Å². The molecule has 0 atom stereocenters. The quantitative estimate of drug-likeness (QED) is 0.460. The zero-order valence-corrected chi connectivity index (χ0v) is 13.6. The predicted molar refractivity (Wildman–Crippen MR) is 99.3 cm³/mol. The summed E-state index contributed by atoms with van der Waals surface area (Å²) < 4.78 is 0. The lowest BCUT2D eigenvalue weighted by Crippen LogP contribution is -1.94. The topological polar surface area (TPSA) is 12.4 Å². The van der Waals surface area contributed by atoms with Crippen LogP contribution in [0.5, 0.6) is 0 Å². The average Bonchev–Trinajstić information content (AvgIpc) is 2.51. The Labute approximate surface area is 133 Å². The number of hydrogen-bond acceptors (Lipinski definition) is 1. The van der Waals surface area contributed by atoms with Gasteiger partial charge in [0.1, 0.15) is 0 Å². The number of rotatable bonds is 5. The lowest BCUT2D eigenvalue weighted by molar-refractivity contribution is 1.29. The van der Waals surface area contributed by atoms with Crippen molar-refractivity contribution >= 4 is 22.1 Å². The molecule has 0 aliphatic heterocycles. The molecule has 2 rings (SSSR count). The first-order valence-electron chi connectivity index (χ1n) is 7.62. The van der Waals surface area contributed by atoms with Gasteiger partial charge in [0, 0.05) is 17.8 Å². The van der Waals surface area contributed by atoms with Crippen molar-refractivity contribution in [1.29, 1.82) is 0 Å². The molecule has 1 nitrogen and oxygen atoms in total. The lowest BCUT2D eigenvalue weighted by atomic mass is 10.0. The third-order valence-corrected chi connectivity index (χ3v) is 3.49. The lowest BCUT2D eigenvalue weighted by Gasteiger charge is -2.06. The highest BCUT2D eigenvalue weighted by molar-refractivity contribution is 6.02. The van der Waals surface area contributed by atoms with Gasteiger partial charge in [0.05, 0.1) is 0 Å². The molecule has 0 aliphatic rings. The Hall–Kier alpha value is -2.41. The fourth-order valence-electron chi connectivity index (χ4n) is 2.39. The summed E-state index contributed by atoms with van der Waals surface area (Å²) in [7, 11) is 0. The molecule has 0 N–H and O–H groups in total. The van der Waals surface area contributed by atoms with E-state index in [-0.39, 0.29) is 0 Å². The Morgan fingerprint density at radius 1 is 1.09 bits per heavy atom. The van der Waals surface area contributed by atoms with Crippen molar-refractivity contribution in [3.8, 4) is 0 Å². The van der Waals surface area contributed by atoms with E-state index >= 15 is 0 Å². The summed E-state index contributed by atoms with van der Waals surface area (Å²) in [5, 5.41) is 2.53. The Morgan fingerprint density at radius 3 is 2.50 bits per heavy atom. The number of allylic oxidation sites excluding steroid dienone is 5. The maximum Gasteiger partial charge on any atom is 0.0447 e. The molecule has 0 heterocycles. The Kier molecular flexibility index (Phi) is 5.48. The first-order chi connectivity index (χ1) is 10.6. The van der Waals surface area contributed by atoms with Gasteiger partial charge in [0.15, 0.2) is 0 Å². The molecule has 112 valence electrons. The van der Waals surface area contributed by atoms with E-state index in [1.165, 1.54) is 21.9 Å². The van der Waals surface area contributed by atoms with Crippen LogP contribution in [-0.4, -0.2) is 5.71 Å². The van der Waals surface area contributed by atoms with Crippen LogP contribution < -0.4 is 0 Å². The second kappa shape index (κ2) is 7.56. The molecule has 0 fully saturated rings. The summed E-state index contributed by atoms with van der Waals surface area (Å²) >= 11 is 0. The summed E-state index contributed by atoms with van der Waals surface area (Å²) in [5.41, 5.74) is 4.32. The van der Waals surface area contributed by atoms with Crippen LogP contribution in [-0.2, 0) is 0 Å². The van der Waals surface area contributed by atoms with Crippen molar-refractivity contribution in [3.63, 3.8) is 0 Å². The SMILES string of the molecule is C=C(C)N=C(/C=C(\C)c1ccc2ccccc2c1)C/C=C\C. The van der Waals surface area contributed by atoms with Crippen LogP contribution in [0.4, 0.5) is 0 Å². The highest BCUT2D eigenvalue weighted by Gasteiger charge is 2.01. The third-order valence-electron chi connectivity index (χ3n) is 3.49. The van der Waals surface area contributed by atoms with Crippen LogP contribution in [0.3, 0.4) is 0 Å². The molecule has 0 aliphatic carbocycles. The summed E-state index contributed by atoms with van der Waals surface area (Å²) in [6.07, 6.45) is 7.14. The Bertz CT molecular complexity index is 760. The van der Waals surface area contributed by atoms with E-state index in [9.17, 15) is 0 Å². The molecule has 0 spiro atoms. The largest absolute Gasteiger partial charge is 0.258 e. The number of nitrogens with zero attached hydrogens (tertiary/aromatic N) is 1. The molecule has 2 aromatic rings. The molecule has 0 aromatic heterocycles. The van der Waals surface area contributed by atoms with E-state index in [0.29, 0.717) is 0 Å². The van der Waals surface area contributed by atoms with Crippen LogP contribution in [0.15, 0.2) is 78.0 Å². The summed E-state index contributed by atoms with van der Waals surface area (Å²) in [6.45, 7) is 9.97. The summed E-state index contributed by atoms with van der Waals surface area (Å²) in [5.74, 6) is 0. The molecule has 2 aromatic carbocycles. The van der Waals surface area contributed by atoms with Gasteiger partial charge < -0.3 is 0 Å². The van der Waals surface area contributed by atoms with Gasteiger partial charge in [-0.3, -0.25) is 4.99 Å². The monoisotopic (exact) mass is 289 g/mol. The van der Waals surface area contributed by atoms with E-state index in [0.717, 1.165) is 17.8 Å². The van der Waals surface area contributed by atoms with Crippen LogP contribution in [0.2, 0.25) is 0 Å². The van der Waals surface area contributed by atoms with Crippen molar-refractivity contribution in [1.82, 2.24) is 0 Å². The smallest absolute Gasteiger partial charge is 0.0447 e. The second-order valence-corrected chi connectivity index (χ2v) is 5.50. The van der Waals surface area contributed by atoms with Crippen LogP contribution >= 0.6 is 0 Å². The van der Waals surface area contributed by atoms with Crippen LogP contribution in [0.1, 0.15) is 32.8 Å². The molecular weight excluding hydrogens is 266 g/mol. The van der Waals surface area contributed by atoms with Crippen LogP contribution in [0.25, 0.3) is 16.3 Å². The Balaban J connectivity index is 2.36.